The molecule has 4 amide bonds. The first-order valence-corrected chi connectivity index (χ1v) is 9.31. The minimum atomic E-state index is -0.983. The number of hydrogen-bond acceptors (Lipinski definition) is 7. The Morgan fingerprint density at radius 1 is 1.21 bits per heavy atom. The number of carbonyl (C=O) groups excluding carboxylic acids is 4. The Hall–Kier alpha value is -2.62. The Balaban J connectivity index is 1.51. The number of carbonyl (C=O) groups is 4. The van der Waals surface area contributed by atoms with Gasteiger partial charge in [0.25, 0.3) is 11.8 Å². The second kappa shape index (κ2) is 6.77. The van der Waals surface area contributed by atoms with Gasteiger partial charge in [0.1, 0.15) is 6.04 Å². The molecule has 2 aliphatic heterocycles. The van der Waals surface area contributed by atoms with Gasteiger partial charge in [-0.05, 0) is 30.9 Å². The number of aliphatic hydroxyl groups is 1. The van der Waals surface area contributed by atoms with Gasteiger partial charge in [0.05, 0.1) is 16.7 Å². The third-order valence-corrected chi connectivity index (χ3v) is 5.61. The normalized spacial score (nSPS) is 29.6. The Kier molecular flexibility index (Phi) is 4.53. The van der Waals surface area contributed by atoms with E-state index in [1.807, 2.05) is 0 Å². The van der Waals surface area contributed by atoms with E-state index in [9.17, 15) is 24.3 Å². The molecule has 2 fully saturated rings. The smallest absolute Gasteiger partial charge is 0.262 e. The summed E-state index contributed by atoms with van der Waals surface area (Å²) in [7, 11) is 0. The highest BCUT2D eigenvalue weighted by Gasteiger charge is 2.45. The number of hydrogen-bond donors (Lipinski definition) is 4. The minimum absolute atomic E-state index is 0.00838. The highest BCUT2D eigenvalue weighted by atomic mass is 16.3. The van der Waals surface area contributed by atoms with Crippen molar-refractivity contribution in [1.82, 2.24) is 15.5 Å². The Morgan fingerprint density at radius 3 is 2.64 bits per heavy atom. The summed E-state index contributed by atoms with van der Waals surface area (Å²) in [5.74, 6) is -2.10. The maximum atomic E-state index is 13.0. The lowest BCUT2D eigenvalue weighted by Gasteiger charge is -2.41. The third kappa shape index (κ3) is 3.11. The first-order valence-electron chi connectivity index (χ1n) is 9.31. The molecule has 1 saturated carbocycles. The second-order valence-electron chi connectivity index (χ2n) is 7.78. The summed E-state index contributed by atoms with van der Waals surface area (Å²) < 4.78 is 0. The van der Waals surface area contributed by atoms with Gasteiger partial charge in [0.15, 0.2) is 0 Å². The van der Waals surface area contributed by atoms with Crippen LogP contribution in [-0.2, 0) is 16.1 Å². The molecule has 1 aromatic carbocycles. The van der Waals surface area contributed by atoms with Crippen molar-refractivity contribution in [2.45, 2.75) is 49.9 Å². The van der Waals surface area contributed by atoms with E-state index in [1.54, 1.807) is 18.2 Å². The van der Waals surface area contributed by atoms with Crippen LogP contribution >= 0.6 is 0 Å². The van der Waals surface area contributed by atoms with E-state index < -0.39 is 35.3 Å². The summed E-state index contributed by atoms with van der Waals surface area (Å²) in [4.78, 5) is 50.2. The number of amides is 4. The molecule has 0 spiro atoms. The molecule has 3 aliphatic rings. The zero-order valence-corrected chi connectivity index (χ0v) is 15.2. The summed E-state index contributed by atoms with van der Waals surface area (Å²) in [6, 6.07) is 4.01. The highest BCUT2D eigenvalue weighted by Crippen LogP contribution is 2.31. The average Bonchev–Trinajstić information content (AvgIpc) is 2.86. The van der Waals surface area contributed by atoms with Crippen LogP contribution in [0.1, 0.15) is 52.0 Å². The molecule has 1 aliphatic carbocycles. The monoisotopic (exact) mass is 386 g/mol. The van der Waals surface area contributed by atoms with Gasteiger partial charge >= 0.3 is 0 Å². The number of rotatable bonds is 5. The summed E-state index contributed by atoms with van der Waals surface area (Å²) in [5.41, 5.74) is 6.02. The van der Waals surface area contributed by atoms with Crippen molar-refractivity contribution in [2.24, 2.45) is 5.73 Å². The van der Waals surface area contributed by atoms with Crippen LogP contribution in [0.25, 0.3) is 0 Å². The molecule has 28 heavy (non-hydrogen) atoms. The number of nitrogens with two attached hydrogens (primary N) is 1. The molecule has 9 heteroatoms. The fraction of sp³-hybridized carbons (Fsp3) is 0.474. The lowest BCUT2D eigenvalue weighted by atomic mass is 9.76. The Morgan fingerprint density at radius 2 is 1.96 bits per heavy atom. The summed E-state index contributed by atoms with van der Waals surface area (Å²) in [6.45, 7) is 0.631. The molecule has 0 bridgehead atoms. The fourth-order valence-corrected chi connectivity index (χ4v) is 4.22. The number of benzene rings is 1. The van der Waals surface area contributed by atoms with Crippen molar-refractivity contribution < 1.29 is 24.3 Å². The molecule has 148 valence electrons. The molecule has 1 unspecified atom stereocenters. The van der Waals surface area contributed by atoms with Gasteiger partial charge in [-0.2, -0.15) is 0 Å². The van der Waals surface area contributed by atoms with Crippen LogP contribution < -0.4 is 16.4 Å². The highest BCUT2D eigenvalue weighted by molar-refractivity contribution is 6.24. The molecule has 2 heterocycles. The molecule has 9 nitrogen and oxygen atoms in total. The van der Waals surface area contributed by atoms with E-state index in [4.69, 9.17) is 5.73 Å². The van der Waals surface area contributed by atoms with Crippen LogP contribution in [0.4, 0.5) is 0 Å². The van der Waals surface area contributed by atoms with E-state index in [0.717, 1.165) is 4.90 Å². The predicted octanol–water partition coefficient (Wildman–Crippen LogP) is -0.970. The molecule has 5 N–H and O–H groups in total. The molecule has 1 atom stereocenters. The molecular formula is C19H22N4O5. The van der Waals surface area contributed by atoms with Gasteiger partial charge in [-0.15, -0.1) is 0 Å². The van der Waals surface area contributed by atoms with E-state index in [2.05, 4.69) is 10.6 Å². The van der Waals surface area contributed by atoms with Crippen LogP contribution in [0.15, 0.2) is 18.2 Å². The van der Waals surface area contributed by atoms with Gasteiger partial charge in [-0.25, -0.2) is 0 Å². The minimum Gasteiger partial charge on any atom is -0.388 e. The van der Waals surface area contributed by atoms with Crippen molar-refractivity contribution in [3.63, 3.8) is 0 Å². The Labute approximate surface area is 161 Å². The van der Waals surface area contributed by atoms with E-state index >= 15 is 0 Å². The standard InChI is InChI=1S/C19H22N4O5/c20-11-6-19(28,7-11)9-21-8-10-2-1-3-12-15(10)18(27)23(17(12)26)13-4-5-14(24)22-16(13)25/h1-3,11,13,21,28H,4-9,20H2,(H,22,24,25). The molecular weight excluding hydrogens is 364 g/mol. The summed E-state index contributed by atoms with van der Waals surface area (Å²) in [5, 5.41) is 15.6. The van der Waals surface area contributed by atoms with E-state index in [-0.39, 0.29) is 30.0 Å². The van der Waals surface area contributed by atoms with Crippen LogP contribution in [0.5, 0.6) is 0 Å². The van der Waals surface area contributed by atoms with Crippen molar-refractivity contribution in [3.05, 3.63) is 34.9 Å². The van der Waals surface area contributed by atoms with Gasteiger partial charge in [-0.3, -0.25) is 29.4 Å². The number of nitrogens with zero attached hydrogens (tertiary/aromatic N) is 1. The molecule has 4 rings (SSSR count). The molecule has 0 aromatic heterocycles. The quantitative estimate of drug-likeness (QED) is 0.477. The lowest BCUT2D eigenvalue weighted by molar-refractivity contribution is -0.136. The van der Waals surface area contributed by atoms with Gasteiger partial charge in [0, 0.05) is 25.6 Å². The number of fused-ring (bicyclic) bond motifs is 1. The van der Waals surface area contributed by atoms with Crippen LogP contribution in [0.3, 0.4) is 0 Å². The van der Waals surface area contributed by atoms with Crippen molar-refractivity contribution in [3.8, 4) is 0 Å². The van der Waals surface area contributed by atoms with Crippen molar-refractivity contribution >= 4 is 23.6 Å². The zero-order valence-electron chi connectivity index (χ0n) is 15.2. The average molecular weight is 386 g/mol. The molecule has 1 aromatic rings. The van der Waals surface area contributed by atoms with E-state index in [1.165, 1.54) is 0 Å². The zero-order chi connectivity index (χ0) is 20.1. The summed E-state index contributed by atoms with van der Waals surface area (Å²) >= 11 is 0. The van der Waals surface area contributed by atoms with Crippen LogP contribution in [-0.4, -0.2) is 57.9 Å². The number of nitrogens with one attached hydrogen (secondary N) is 2. The molecule has 0 radical (unpaired) electrons. The fourth-order valence-electron chi connectivity index (χ4n) is 4.22. The largest absolute Gasteiger partial charge is 0.388 e. The van der Waals surface area contributed by atoms with Crippen molar-refractivity contribution in [1.29, 1.82) is 0 Å². The number of imide groups is 2. The van der Waals surface area contributed by atoms with Crippen molar-refractivity contribution in [2.75, 3.05) is 6.54 Å². The summed E-state index contributed by atoms with van der Waals surface area (Å²) in [6.07, 6.45) is 1.25. The number of piperidine rings is 1. The maximum absolute atomic E-state index is 13.0. The van der Waals surface area contributed by atoms with Crippen LogP contribution in [0, 0.1) is 0 Å². The topological polar surface area (TPSA) is 142 Å². The van der Waals surface area contributed by atoms with Gasteiger partial charge in [-0.1, -0.05) is 12.1 Å². The first-order chi connectivity index (χ1) is 13.3. The first kappa shape index (κ1) is 18.7. The second-order valence-corrected chi connectivity index (χ2v) is 7.78. The maximum Gasteiger partial charge on any atom is 0.262 e. The van der Waals surface area contributed by atoms with Crippen LogP contribution in [0.2, 0.25) is 0 Å². The predicted molar refractivity (Wildman–Crippen MR) is 97.0 cm³/mol. The third-order valence-electron chi connectivity index (χ3n) is 5.61. The van der Waals surface area contributed by atoms with Gasteiger partial charge < -0.3 is 16.2 Å². The Bertz CT molecular complexity index is 877. The SMILES string of the molecule is NC1CC(O)(CNCc2cccc3c2C(=O)N(C2CCC(=O)NC2=O)C3=O)C1. The van der Waals surface area contributed by atoms with Gasteiger partial charge in [0.2, 0.25) is 11.8 Å². The molecule has 1 saturated heterocycles. The lowest BCUT2D eigenvalue weighted by Crippen LogP contribution is -2.56. The van der Waals surface area contributed by atoms with E-state index in [0.29, 0.717) is 31.5 Å².